The highest BCUT2D eigenvalue weighted by molar-refractivity contribution is 5.94. The summed E-state index contributed by atoms with van der Waals surface area (Å²) < 4.78 is 9.02. The molecule has 0 aliphatic heterocycles. The van der Waals surface area contributed by atoms with Crippen molar-refractivity contribution in [2.24, 2.45) is 7.05 Å². The van der Waals surface area contributed by atoms with Crippen molar-refractivity contribution in [3.8, 4) is 16.9 Å². The highest BCUT2D eigenvalue weighted by Gasteiger charge is 2.19. The van der Waals surface area contributed by atoms with Crippen LogP contribution in [0.15, 0.2) is 36.7 Å². The maximum absolute atomic E-state index is 12.4. The van der Waals surface area contributed by atoms with Crippen LogP contribution < -0.4 is 15.4 Å². The van der Waals surface area contributed by atoms with Crippen molar-refractivity contribution in [3.63, 3.8) is 0 Å². The second-order valence-electron chi connectivity index (χ2n) is 6.65. The number of urea groups is 1. The minimum Gasteiger partial charge on any atom is -0.496 e. The summed E-state index contributed by atoms with van der Waals surface area (Å²) in [6.45, 7) is 5.22. The van der Waals surface area contributed by atoms with Gasteiger partial charge in [-0.3, -0.25) is 14.7 Å². The Morgan fingerprint density at radius 3 is 2.75 bits per heavy atom. The molecule has 3 rings (SSSR count). The number of benzene rings is 1. The molecule has 0 spiro atoms. The van der Waals surface area contributed by atoms with Crippen LogP contribution in [-0.4, -0.2) is 39.2 Å². The van der Waals surface area contributed by atoms with Gasteiger partial charge in [-0.2, -0.15) is 10.2 Å². The van der Waals surface area contributed by atoms with E-state index in [4.69, 9.17) is 4.74 Å². The van der Waals surface area contributed by atoms with Crippen LogP contribution in [-0.2, 0) is 13.6 Å². The standard InChI is InChI=1S/C20H26N6O2/c1-14-12-22-26(13-14)11-7-10-21-20(27)23-19-18(15(2)24-25(19)3)16-8-5-6-9-17(16)28-4/h5-6,8-9,12-13H,7,10-11H2,1-4H3,(H2,21,23,27). The van der Waals surface area contributed by atoms with Crippen LogP contribution in [0.2, 0.25) is 0 Å². The van der Waals surface area contributed by atoms with Crippen molar-refractivity contribution in [3.05, 3.63) is 47.9 Å². The van der Waals surface area contributed by atoms with Gasteiger partial charge in [0.15, 0.2) is 0 Å². The predicted octanol–water partition coefficient (Wildman–Crippen LogP) is 3.12. The van der Waals surface area contributed by atoms with Gasteiger partial charge in [0, 0.05) is 31.9 Å². The van der Waals surface area contributed by atoms with Gasteiger partial charge in [0.05, 0.1) is 24.6 Å². The molecule has 0 aliphatic rings. The summed E-state index contributed by atoms with van der Waals surface area (Å²) in [5, 5.41) is 14.5. The number of para-hydroxylation sites is 1. The molecule has 148 valence electrons. The normalized spacial score (nSPS) is 10.7. The molecule has 0 radical (unpaired) electrons. The molecule has 0 saturated carbocycles. The number of anilines is 1. The average molecular weight is 382 g/mol. The molecule has 0 unspecified atom stereocenters. The van der Waals surface area contributed by atoms with Gasteiger partial charge in [0.1, 0.15) is 11.6 Å². The second-order valence-corrected chi connectivity index (χ2v) is 6.65. The van der Waals surface area contributed by atoms with Gasteiger partial charge in [0.25, 0.3) is 0 Å². The summed E-state index contributed by atoms with van der Waals surface area (Å²) in [7, 11) is 3.44. The molecule has 0 aliphatic carbocycles. The fraction of sp³-hybridized carbons (Fsp3) is 0.350. The minimum absolute atomic E-state index is 0.268. The maximum atomic E-state index is 12.4. The van der Waals surface area contributed by atoms with Gasteiger partial charge in [0.2, 0.25) is 0 Å². The van der Waals surface area contributed by atoms with E-state index in [9.17, 15) is 4.79 Å². The Bertz CT molecular complexity index is 960. The highest BCUT2D eigenvalue weighted by atomic mass is 16.5. The van der Waals surface area contributed by atoms with Crippen LogP contribution in [0.25, 0.3) is 11.1 Å². The lowest BCUT2D eigenvalue weighted by Gasteiger charge is -2.12. The number of carbonyl (C=O) groups is 1. The first-order valence-electron chi connectivity index (χ1n) is 9.20. The van der Waals surface area contributed by atoms with Crippen molar-refractivity contribution >= 4 is 11.8 Å². The monoisotopic (exact) mass is 382 g/mol. The largest absolute Gasteiger partial charge is 0.496 e. The third-order valence-corrected chi connectivity index (χ3v) is 4.44. The number of aryl methyl sites for hydroxylation is 4. The number of methoxy groups -OCH3 is 1. The van der Waals surface area contributed by atoms with Crippen LogP contribution in [0.1, 0.15) is 17.7 Å². The van der Waals surface area contributed by atoms with Crippen LogP contribution in [0.4, 0.5) is 10.6 Å². The molecule has 28 heavy (non-hydrogen) atoms. The number of hydrogen-bond donors (Lipinski definition) is 2. The maximum Gasteiger partial charge on any atom is 0.320 e. The first-order valence-corrected chi connectivity index (χ1v) is 9.20. The smallest absolute Gasteiger partial charge is 0.320 e. The van der Waals surface area contributed by atoms with Crippen molar-refractivity contribution < 1.29 is 9.53 Å². The van der Waals surface area contributed by atoms with E-state index in [2.05, 4.69) is 20.8 Å². The Hall–Kier alpha value is -3.29. The van der Waals surface area contributed by atoms with Crippen LogP contribution >= 0.6 is 0 Å². The van der Waals surface area contributed by atoms with Crippen molar-refractivity contribution in [1.82, 2.24) is 24.9 Å². The number of aromatic nitrogens is 4. The summed E-state index contributed by atoms with van der Waals surface area (Å²) in [5.74, 6) is 1.36. The fourth-order valence-electron chi connectivity index (χ4n) is 3.16. The Morgan fingerprint density at radius 1 is 1.25 bits per heavy atom. The Kier molecular flexibility index (Phi) is 5.98. The number of amides is 2. The molecule has 0 bridgehead atoms. The molecule has 2 heterocycles. The molecule has 2 aromatic heterocycles. The van der Waals surface area contributed by atoms with E-state index in [1.54, 1.807) is 11.8 Å². The van der Waals surface area contributed by atoms with E-state index >= 15 is 0 Å². The van der Waals surface area contributed by atoms with Gasteiger partial charge in [-0.05, 0) is 31.9 Å². The first kappa shape index (κ1) is 19.5. The quantitative estimate of drug-likeness (QED) is 0.615. The van der Waals surface area contributed by atoms with E-state index in [0.29, 0.717) is 12.4 Å². The molecule has 2 amide bonds. The molecule has 8 heteroatoms. The third kappa shape index (κ3) is 4.33. The Morgan fingerprint density at radius 2 is 2.04 bits per heavy atom. The van der Waals surface area contributed by atoms with Crippen molar-refractivity contribution in [2.75, 3.05) is 19.0 Å². The lowest BCUT2D eigenvalue weighted by atomic mass is 10.0. The van der Waals surface area contributed by atoms with Gasteiger partial charge in [-0.15, -0.1) is 0 Å². The molecule has 0 saturated heterocycles. The first-order chi connectivity index (χ1) is 13.5. The fourth-order valence-corrected chi connectivity index (χ4v) is 3.16. The summed E-state index contributed by atoms with van der Waals surface area (Å²) >= 11 is 0. The molecule has 1 aromatic carbocycles. The van der Waals surface area contributed by atoms with Gasteiger partial charge in [-0.1, -0.05) is 18.2 Å². The van der Waals surface area contributed by atoms with Gasteiger partial charge >= 0.3 is 6.03 Å². The predicted molar refractivity (Wildman–Crippen MR) is 109 cm³/mol. The summed E-state index contributed by atoms with van der Waals surface area (Å²) in [6.07, 6.45) is 4.60. The SMILES string of the molecule is COc1ccccc1-c1c(C)nn(C)c1NC(=O)NCCCn1cc(C)cn1. The number of carbonyl (C=O) groups excluding carboxylic acids is 1. The van der Waals surface area contributed by atoms with E-state index < -0.39 is 0 Å². The number of nitrogens with zero attached hydrogens (tertiary/aromatic N) is 4. The van der Waals surface area contributed by atoms with Crippen LogP contribution in [0.3, 0.4) is 0 Å². The molecular weight excluding hydrogens is 356 g/mol. The average Bonchev–Trinajstić information content (AvgIpc) is 3.21. The molecule has 2 N–H and O–H groups in total. The number of ether oxygens (including phenoxy) is 1. The van der Waals surface area contributed by atoms with E-state index in [-0.39, 0.29) is 6.03 Å². The molecular formula is C20H26N6O2. The second kappa shape index (κ2) is 8.60. The lowest BCUT2D eigenvalue weighted by Crippen LogP contribution is -2.31. The molecule has 8 nitrogen and oxygen atoms in total. The Balaban J connectivity index is 1.66. The van der Waals surface area contributed by atoms with Crippen LogP contribution in [0.5, 0.6) is 5.75 Å². The van der Waals surface area contributed by atoms with E-state index in [1.165, 1.54) is 0 Å². The number of nitrogens with one attached hydrogen (secondary N) is 2. The zero-order valence-electron chi connectivity index (χ0n) is 16.7. The molecule has 0 fully saturated rings. The topological polar surface area (TPSA) is 86.0 Å². The third-order valence-electron chi connectivity index (χ3n) is 4.44. The van der Waals surface area contributed by atoms with Crippen molar-refractivity contribution in [2.45, 2.75) is 26.8 Å². The van der Waals surface area contributed by atoms with Crippen molar-refractivity contribution in [1.29, 1.82) is 0 Å². The number of rotatable bonds is 7. The zero-order chi connectivity index (χ0) is 20.1. The van der Waals surface area contributed by atoms with Gasteiger partial charge in [-0.25, -0.2) is 4.79 Å². The van der Waals surface area contributed by atoms with Gasteiger partial charge < -0.3 is 10.1 Å². The minimum atomic E-state index is -0.268. The Labute approximate surface area is 164 Å². The summed E-state index contributed by atoms with van der Waals surface area (Å²) in [5.41, 5.74) is 3.68. The lowest BCUT2D eigenvalue weighted by molar-refractivity contribution is 0.251. The zero-order valence-corrected chi connectivity index (χ0v) is 16.7. The van der Waals surface area contributed by atoms with Crippen LogP contribution in [0, 0.1) is 13.8 Å². The molecule has 0 atom stereocenters. The highest BCUT2D eigenvalue weighted by Crippen LogP contribution is 2.36. The summed E-state index contributed by atoms with van der Waals surface area (Å²) in [4.78, 5) is 12.4. The van der Waals surface area contributed by atoms with E-state index in [0.717, 1.165) is 41.1 Å². The summed E-state index contributed by atoms with van der Waals surface area (Å²) in [6, 6.07) is 7.43. The van der Waals surface area contributed by atoms with E-state index in [1.807, 2.05) is 62.2 Å². The number of hydrogen-bond acceptors (Lipinski definition) is 4. The molecule has 3 aromatic rings.